The minimum absolute atomic E-state index is 0.0810. The van der Waals surface area contributed by atoms with E-state index >= 15 is 0 Å². The van der Waals surface area contributed by atoms with E-state index in [-0.39, 0.29) is 5.56 Å². The van der Waals surface area contributed by atoms with Crippen molar-refractivity contribution in [1.82, 2.24) is 4.98 Å². The molecular formula is C7H7NO5S. The second-order valence-corrected chi connectivity index (χ2v) is 4.02. The van der Waals surface area contributed by atoms with Crippen molar-refractivity contribution >= 4 is 16.1 Å². The molecule has 0 saturated heterocycles. The molecule has 7 heteroatoms. The standard InChI is InChI=1S/C7H7NO5S/c9-7(10)6(14(11,12)13)5-2-1-3-8-4-5/h1-4,6H,(H,9,10)(H,11,12,13). The van der Waals surface area contributed by atoms with Gasteiger partial charge in [-0.25, -0.2) is 0 Å². The summed E-state index contributed by atoms with van der Waals surface area (Å²) in [6.45, 7) is 0. The second-order valence-electron chi connectivity index (χ2n) is 2.52. The molecule has 1 unspecified atom stereocenters. The fourth-order valence-electron chi connectivity index (χ4n) is 0.973. The molecule has 0 bridgehead atoms. The summed E-state index contributed by atoms with van der Waals surface area (Å²) >= 11 is 0. The zero-order chi connectivity index (χ0) is 10.8. The van der Waals surface area contributed by atoms with Gasteiger partial charge in [-0.1, -0.05) is 6.07 Å². The smallest absolute Gasteiger partial charge is 0.329 e. The van der Waals surface area contributed by atoms with Gasteiger partial charge in [0, 0.05) is 18.0 Å². The van der Waals surface area contributed by atoms with Gasteiger partial charge in [-0.05, 0) is 6.07 Å². The molecule has 76 valence electrons. The van der Waals surface area contributed by atoms with Crippen molar-refractivity contribution in [2.75, 3.05) is 0 Å². The lowest BCUT2D eigenvalue weighted by molar-refractivity contribution is -0.136. The predicted octanol–water partition coefficient (Wildman–Crippen LogP) is 0.0951. The van der Waals surface area contributed by atoms with Crippen LogP contribution in [-0.4, -0.2) is 29.0 Å². The molecule has 2 N–H and O–H groups in total. The minimum atomic E-state index is -4.66. The molecule has 0 aliphatic rings. The van der Waals surface area contributed by atoms with Crippen LogP contribution < -0.4 is 0 Å². The van der Waals surface area contributed by atoms with Crippen LogP contribution in [0.15, 0.2) is 24.5 Å². The molecule has 1 aromatic rings. The van der Waals surface area contributed by atoms with E-state index in [2.05, 4.69) is 4.98 Å². The fourth-order valence-corrected chi connectivity index (χ4v) is 1.71. The van der Waals surface area contributed by atoms with Crippen molar-refractivity contribution in [3.63, 3.8) is 0 Å². The van der Waals surface area contributed by atoms with Crippen molar-refractivity contribution in [3.05, 3.63) is 30.1 Å². The first-order valence-corrected chi connectivity index (χ1v) is 5.02. The molecule has 0 amide bonds. The highest BCUT2D eigenvalue weighted by Crippen LogP contribution is 2.20. The summed E-state index contributed by atoms with van der Waals surface area (Å²) in [7, 11) is -4.66. The zero-order valence-electron chi connectivity index (χ0n) is 6.86. The Bertz CT molecular complexity index is 427. The van der Waals surface area contributed by atoms with E-state index in [1.165, 1.54) is 18.3 Å². The number of aliphatic carboxylic acids is 1. The second kappa shape index (κ2) is 3.72. The van der Waals surface area contributed by atoms with Gasteiger partial charge in [0.25, 0.3) is 10.1 Å². The average Bonchev–Trinajstić information content (AvgIpc) is 2.02. The predicted molar refractivity (Wildman–Crippen MR) is 46.2 cm³/mol. The van der Waals surface area contributed by atoms with E-state index in [0.717, 1.165) is 6.20 Å². The van der Waals surface area contributed by atoms with E-state index in [1.54, 1.807) is 0 Å². The zero-order valence-corrected chi connectivity index (χ0v) is 7.68. The van der Waals surface area contributed by atoms with Gasteiger partial charge in [0.15, 0.2) is 0 Å². The van der Waals surface area contributed by atoms with Crippen LogP contribution in [0.25, 0.3) is 0 Å². The Kier molecular flexibility index (Phi) is 2.82. The van der Waals surface area contributed by atoms with Gasteiger partial charge in [0.1, 0.15) is 0 Å². The number of hydrogen-bond donors (Lipinski definition) is 2. The first kappa shape index (κ1) is 10.6. The SMILES string of the molecule is O=C(O)C(c1cccnc1)S(=O)(=O)O. The van der Waals surface area contributed by atoms with Gasteiger partial charge in [0.05, 0.1) is 0 Å². The van der Waals surface area contributed by atoms with Gasteiger partial charge in [0.2, 0.25) is 5.25 Å². The van der Waals surface area contributed by atoms with E-state index in [1.807, 2.05) is 0 Å². The Morgan fingerprint density at radius 2 is 2.14 bits per heavy atom. The van der Waals surface area contributed by atoms with Crippen LogP contribution in [0.1, 0.15) is 10.8 Å². The lowest BCUT2D eigenvalue weighted by Crippen LogP contribution is -2.21. The molecule has 1 heterocycles. The molecule has 0 aliphatic heterocycles. The molecular weight excluding hydrogens is 210 g/mol. The van der Waals surface area contributed by atoms with Crippen LogP contribution in [0.2, 0.25) is 0 Å². The van der Waals surface area contributed by atoms with Gasteiger partial charge >= 0.3 is 5.97 Å². The highest BCUT2D eigenvalue weighted by Gasteiger charge is 2.32. The molecule has 1 rings (SSSR count). The quantitative estimate of drug-likeness (QED) is 0.695. The molecule has 0 aliphatic carbocycles. The highest BCUT2D eigenvalue weighted by atomic mass is 32.2. The number of aromatic nitrogens is 1. The molecule has 0 aromatic carbocycles. The van der Waals surface area contributed by atoms with Crippen LogP contribution in [0.5, 0.6) is 0 Å². The number of nitrogens with zero attached hydrogens (tertiary/aromatic N) is 1. The van der Waals surface area contributed by atoms with E-state index < -0.39 is 21.3 Å². The lowest BCUT2D eigenvalue weighted by Gasteiger charge is -2.07. The maximum atomic E-state index is 10.7. The molecule has 6 nitrogen and oxygen atoms in total. The third kappa shape index (κ3) is 2.27. The van der Waals surface area contributed by atoms with Crippen molar-refractivity contribution in [1.29, 1.82) is 0 Å². The van der Waals surface area contributed by atoms with Gasteiger partial charge in [-0.3, -0.25) is 14.3 Å². The highest BCUT2D eigenvalue weighted by molar-refractivity contribution is 7.86. The number of carboxylic acids is 1. The Morgan fingerprint density at radius 1 is 1.50 bits per heavy atom. The normalized spacial score (nSPS) is 13.5. The minimum Gasteiger partial charge on any atom is -0.480 e. The van der Waals surface area contributed by atoms with Gasteiger partial charge in [-0.2, -0.15) is 8.42 Å². The molecule has 1 aromatic heterocycles. The van der Waals surface area contributed by atoms with Crippen LogP contribution in [0.4, 0.5) is 0 Å². The topological polar surface area (TPSA) is 105 Å². The largest absolute Gasteiger partial charge is 0.480 e. The molecule has 0 saturated carbocycles. The summed E-state index contributed by atoms with van der Waals surface area (Å²) in [5, 5.41) is 6.62. The number of hydrogen-bond acceptors (Lipinski definition) is 4. The Balaban J connectivity index is 3.22. The molecule has 1 atom stereocenters. The first-order valence-electron chi connectivity index (χ1n) is 3.52. The van der Waals surface area contributed by atoms with Crippen LogP contribution in [0.3, 0.4) is 0 Å². The number of rotatable bonds is 3. The van der Waals surface area contributed by atoms with Crippen molar-refractivity contribution in [2.45, 2.75) is 5.25 Å². The third-order valence-corrected chi connectivity index (χ3v) is 2.58. The molecule has 14 heavy (non-hydrogen) atoms. The van der Waals surface area contributed by atoms with Gasteiger partial charge in [-0.15, -0.1) is 0 Å². The summed E-state index contributed by atoms with van der Waals surface area (Å²) < 4.78 is 30.1. The molecule has 0 radical (unpaired) electrons. The Hall–Kier alpha value is -1.47. The van der Waals surface area contributed by atoms with Crippen molar-refractivity contribution in [2.24, 2.45) is 0 Å². The van der Waals surface area contributed by atoms with Gasteiger partial charge < -0.3 is 5.11 Å². The number of carboxylic acid groups (broad SMARTS) is 1. The maximum absolute atomic E-state index is 10.7. The number of carbonyl (C=O) groups is 1. The monoisotopic (exact) mass is 217 g/mol. The summed E-state index contributed by atoms with van der Waals surface area (Å²) in [4.78, 5) is 14.1. The van der Waals surface area contributed by atoms with Crippen LogP contribution in [-0.2, 0) is 14.9 Å². The lowest BCUT2D eigenvalue weighted by atomic mass is 10.2. The van der Waals surface area contributed by atoms with Crippen LogP contribution in [0, 0.1) is 0 Å². The third-order valence-electron chi connectivity index (χ3n) is 1.51. The van der Waals surface area contributed by atoms with Crippen molar-refractivity contribution < 1.29 is 22.9 Å². The summed E-state index contributed by atoms with van der Waals surface area (Å²) in [5.41, 5.74) is -0.0810. The Morgan fingerprint density at radius 3 is 2.50 bits per heavy atom. The van der Waals surface area contributed by atoms with Crippen molar-refractivity contribution in [3.8, 4) is 0 Å². The first-order chi connectivity index (χ1) is 6.43. The fraction of sp³-hybridized carbons (Fsp3) is 0.143. The molecule has 0 spiro atoms. The van der Waals surface area contributed by atoms with E-state index in [4.69, 9.17) is 9.66 Å². The van der Waals surface area contributed by atoms with E-state index in [9.17, 15) is 13.2 Å². The Labute approximate surface area is 80.0 Å². The summed E-state index contributed by atoms with van der Waals surface area (Å²) in [6, 6.07) is 2.65. The average molecular weight is 217 g/mol. The summed E-state index contributed by atoms with van der Waals surface area (Å²) in [5.74, 6) is -1.64. The number of pyridine rings is 1. The van der Waals surface area contributed by atoms with E-state index in [0.29, 0.717) is 0 Å². The summed E-state index contributed by atoms with van der Waals surface area (Å²) in [6.07, 6.45) is 2.44. The van der Waals surface area contributed by atoms with Crippen LogP contribution >= 0.6 is 0 Å². The molecule has 0 fully saturated rings. The maximum Gasteiger partial charge on any atom is 0.329 e.